The van der Waals surface area contributed by atoms with E-state index in [1.165, 1.54) is 0 Å². The highest BCUT2D eigenvalue weighted by molar-refractivity contribution is 6.59. The second-order valence-corrected chi connectivity index (χ2v) is 3.14. The van der Waals surface area contributed by atoms with Crippen molar-refractivity contribution in [2.24, 2.45) is 0 Å². The van der Waals surface area contributed by atoms with E-state index in [2.05, 4.69) is 4.74 Å². The zero-order valence-electron chi connectivity index (χ0n) is 7.70. The molecule has 0 atom stereocenters. The van der Waals surface area contributed by atoms with Gasteiger partial charge in [0.05, 0.1) is 17.7 Å². The average Bonchev–Trinajstić information content (AvgIpc) is 2.20. The smallest absolute Gasteiger partial charge is 0.465 e. The van der Waals surface area contributed by atoms with Crippen LogP contribution in [-0.2, 0) is 4.74 Å². The number of hydrogen-bond donors (Lipinski definition) is 2. The standard InChI is InChI=1S/C8H7BClFO4/c1-15-8(12)5-2-4(9(13)14)3-6(10)7(5)11/h2-3,13-14H,1H3. The maximum Gasteiger partial charge on any atom is 0.488 e. The lowest BCUT2D eigenvalue weighted by Crippen LogP contribution is -2.31. The first-order valence-corrected chi connectivity index (χ1v) is 4.28. The van der Waals surface area contributed by atoms with Crippen molar-refractivity contribution in [3.63, 3.8) is 0 Å². The Labute approximate surface area is 90.4 Å². The molecule has 0 aliphatic rings. The molecule has 15 heavy (non-hydrogen) atoms. The molecule has 0 aromatic heterocycles. The van der Waals surface area contributed by atoms with Crippen molar-refractivity contribution in [2.45, 2.75) is 0 Å². The summed E-state index contributed by atoms with van der Waals surface area (Å²) in [5.41, 5.74) is -0.519. The Morgan fingerprint density at radius 3 is 2.60 bits per heavy atom. The lowest BCUT2D eigenvalue weighted by atomic mass is 9.79. The van der Waals surface area contributed by atoms with Crippen molar-refractivity contribution >= 4 is 30.2 Å². The monoisotopic (exact) mass is 232 g/mol. The summed E-state index contributed by atoms with van der Waals surface area (Å²) >= 11 is 5.46. The number of methoxy groups -OCH3 is 1. The molecule has 0 spiro atoms. The lowest BCUT2D eigenvalue weighted by molar-refractivity contribution is 0.0595. The second kappa shape index (κ2) is 4.61. The molecule has 0 radical (unpaired) electrons. The summed E-state index contributed by atoms with van der Waals surface area (Å²) in [7, 11) is -0.746. The number of carbonyl (C=O) groups excluding carboxylic acids is 1. The third-order valence-corrected chi connectivity index (χ3v) is 2.03. The van der Waals surface area contributed by atoms with Gasteiger partial charge in [-0.05, 0) is 17.6 Å². The van der Waals surface area contributed by atoms with Crippen LogP contribution in [0.2, 0.25) is 5.02 Å². The minimum Gasteiger partial charge on any atom is -0.465 e. The number of carbonyl (C=O) groups is 1. The quantitative estimate of drug-likeness (QED) is 0.554. The minimum atomic E-state index is -1.83. The van der Waals surface area contributed by atoms with Gasteiger partial charge in [-0.15, -0.1) is 0 Å². The van der Waals surface area contributed by atoms with E-state index in [9.17, 15) is 9.18 Å². The van der Waals surface area contributed by atoms with Crippen LogP contribution in [-0.4, -0.2) is 30.2 Å². The van der Waals surface area contributed by atoms with E-state index in [0.717, 1.165) is 19.2 Å². The highest BCUT2D eigenvalue weighted by atomic mass is 35.5. The van der Waals surface area contributed by atoms with E-state index in [1.54, 1.807) is 0 Å². The molecule has 1 aromatic carbocycles. The summed E-state index contributed by atoms with van der Waals surface area (Å²) in [4.78, 5) is 11.1. The molecule has 0 aliphatic heterocycles. The van der Waals surface area contributed by atoms with Gasteiger partial charge in [0.2, 0.25) is 0 Å². The first-order chi connectivity index (χ1) is 6.97. The number of esters is 1. The van der Waals surface area contributed by atoms with Crippen molar-refractivity contribution in [3.05, 3.63) is 28.5 Å². The molecule has 0 saturated heterocycles. The summed E-state index contributed by atoms with van der Waals surface area (Å²) in [5.74, 6) is -1.88. The van der Waals surface area contributed by atoms with Crippen LogP contribution in [0.1, 0.15) is 10.4 Å². The molecule has 0 aliphatic carbocycles. The molecule has 80 valence electrons. The van der Waals surface area contributed by atoms with Crippen LogP contribution in [0, 0.1) is 5.82 Å². The van der Waals surface area contributed by atoms with Gasteiger partial charge in [0.15, 0.2) is 5.82 Å². The van der Waals surface area contributed by atoms with Gasteiger partial charge >= 0.3 is 13.1 Å². The molecule has 1 rings (SSSR count). The Bertz CT molecular complexity index is 396. The third-order valence-electron chi connectivity index (χ3n) is 1.75. The average molecular weight is 232 g/mol. The van der Waals surface area contributed by atoms with Gasteiger partial charge < -0.3 is 14.8 Å². The molecule has 0 saturated carbocycles. The van der Waals surface area contributed by atoms with E-state index >= 15 is 0 Å². The van der Waals surface area contributed by atoms with Crippen LogP contribution < -0.4 is 5.46 Å². The Hall–Kier alpha value is -1.11. The normalized spacial score (nSPS) is 9.93. The van der Waals surface area contributed by atoms with E-state index in [1.807, 2.05) is 0 Å². The van der Waals surface area contributed by atoms with Gasteiger partial charge in [-0.1, -0.05) is 11.6 Å². The number of halogens is 2. The van der Waals surface area contributed by atoms with Crippen molar-refractivity contribution in [3.8, 4) is 0 Å². The Kier molecular flexibility index (Phi) is 3.68. The molecule has 0 heterocycles. The fraction of sp³-hybridized carbons (Fsp3) is 0.125. The number of benzene rings is 1. The van der Waals surface area contributed by atoms with Gasteiger partial charge in [0.25, 0.3) is 0 Å². The largest absolute Gasteiger partial charge is 0.488 e. The van der Waals surface area contributed by atoms with Crippen LogP contribution in [0.4, 0.5) is 4.39 Å². The summed E-state index contributed by atoms with van der Waals surface area (Å²) in [6.07, 6.45) is 0. The van der Waals surface area contributed by atoms with Crippen molar-refractivity contribution in [2.75, 3.05) is 7.11 Å². The predicted octanol–water partition coefficient (Wildman–Crippen LogP) is -0.0545. The molecular formula is C8H7BClFO4. The van der Waals surface area contributed by atoms with Gasteiger partial charge in [-0.25, -0.2) is 9.18 Å². The molecule has 0 fully saturated rings. The molecule has 7 heteroatoms. The number of hydrogen-bond acceptors (Lipinski definition) is 4. The minimum absolute atomic E-state index is 0.0817. The zero-order valence-corrected chi connectivity index (χ0v) is 8.45. The first-order valence-electron chi connectivity index (χ1n) is 3.90. The van der Waals surface area contributed by atoms with E-state index in [-0.39, 0.29) is 10.5 Å². The van der Waals surface area contributed by atoms with E-state index in [0.29, 0.717) is 0 Å². The Balaban J connectivity index is 3.31. The fourth-order valence-corrected chi connectivity index (χ4v) is 1.25. The van der Waals surface area contributed by atoms with Crippen LogP contribution >= 0.6 is 11.6 Å². The lowest BCUT2D eigenvalue weighted by Gasteiger charge is -2.06. The topological polar surface area (TPSA) is 66.8 Å². The highest BCUT2D eigenvalue weighted by Crippen LogP contribution is 2.17. The predicted molar refractivity (Wildman–Crippen MR) is 52.6 cm³/mol. The third kappa shape index (κ3) is 2.47. The molecule has 1 aromatic rings. The van der Waals surface area contributed by atoms with Crippen LogP contribution in [0.5, 0.6) is 0 Å². The van der Waals surface area contributed by atoms with Crippen molar-refractivity contribution in [1.29, 1.82) is 0 Å². The highest BCUT2D eigenvalue weighted by Gasteiger charge is 2.21. The molecular weight excluding hydrogens is 225 g/mol. The summed E-state index contributed by atoms with van der Waals surface area (Å²) < 4.78 is 17.6. The first kappa shape index (κ1) is 12.0. The molecule has 4 nitrogen and oxygen atoms in total. The summed E-state index contributed by atoms with van der Waals surface area (Å²) in [6.45, 7) is 0. The number of rotatable bonds is 2. The summed E-state index contributed by atoms with van der Waals surface area (Å²) in [5, 5.41) is 17.3. The maximum absolute atomic E-state index is 13.3. The number of ether oxygens (including phenoxy) is 1. The Morgan fingerprint density at radius 2 is 2.13 bits per heavy atom. The molecule has 0 amide bonds. The van der Waals surface area contributed by atoms with Crippen LogP contribution in [0.15, 0.2) is 12.1 Å². The van der Waals surface area contributed by atoms with Crippen LogP contribution in [0.25, 0.3) is 0 Å². The van der Waals surface area contributed by atoms with Gasteiger partial charge in [-0.2, -0.15) is 0 Å². The van der Waals surface area contributed by atoms with Gasteiger partial charge in [-0.3, -0.25) is 0 Å². The van der Waals surface area contributed by atoms with E-state index < -0.39 is 24.5 Å². The fourth-order valence-electron chi connectivity index (χ4n) is 1.02. The SMILES string of the molecule is COC(=O)c1cc(B(O)O)cc(Cl)c1F. The van der Waals surface area contributed by atoms with Gasteiger partial charge in [0, 0.05) is 0 Å². The summed E-state index contributed by atoms with van der Waals surface area (Å²) in [6, 6.07) is 1.99. The maximum atomic E-state index is 13.3. The molecule has 0 unspecified atom stereocenters. The van der Waals surface area contributed by atoms with Gasteiger partial charge in [0.1, 0.15) is 0 Å². The molecule has 2 N–H and O–H groups in total. The zero-order chi connectivity index (χ0) is 11.6. The van der Waals surface area contributed by atoms with Crippen molar-refractivity contribution in [1.82, 2.24) is 0 Å². The Morgan fingerprint density at radius 1 is 1.53 bits per heavy atom. The van der Waals surface area contributed by atoms with Crippen LogP contribution in [0.3, 0.4) is 0 Å². The van der Waals surface area contributed by atoms with E-state index in [4.69, 9.17) is 21.6 Å². The second-order valence-electron chi connectivity index (χ2n) is 2.73. The molecule has 0 bridgehead atoms. The van der Waals surface area contributed by atoms with Crippen molar-refractivity contribution < 1.29 is 24.0 Å².